The Morgan fingerprint density at radius 1 is 1.24 bits per heavy atom. The molecular formula is C17H27NO2S. The maximum atomic E-state index is 12.6. The van der Waals surface area contributed by atoms with Crippen LogP contribution in [0.15, 0.2) is 30.3 Å². The minimum atomic E-state index is -0.746. The first-order valence-electron chi connectivity index (χ1n) is 7.76. The van der Waals surface area contributed by atoms with Gasteiger partial charge >= 0.3 is 5.97 Å². The second-order valence-corrected chi connectivity index (χ2v) is 6.03. The lowest BCUT2D eigenvalue weighted by Gasteiger charge is -2.32. The van der Waals surface area contributed by atoms with E-state index < -0.39 is 5.54 Å². The zero-order valence-corrected chi connectivity index (χ0v) is 14.2. The molecule has 0 saturated carbocycles. The number of esters is 1. The van der Waals surface area contributed by atoms with Crippen molar-refractivity contribution >= 4 is 17.7 Å². The van der Waals surface area contributed by atoms with Gasteiger partial charge in [-0.15, -0.1) is 0 Å². The fourth-order valence-corrected chi connectivity index (χ4v) is 3.57. The maximum Gasteiger partial charge on any atom is 0.331 e. The van der Waals surface area contributed by atoms with Crippen LogP contribution in [0.25, 0.3) is 0 Å². The minimum absolute atomic E-state index is 0.179. The number of rotatable bonds is 10. The molecule has 1 rings (SSSR count). The Hall–Kier alpha value is -1.00. The molecule has 0 bridgehead atoms. The van der Waals surface area contributed by atoms with E-state index >= 15 is 0 Å². The first-order valence-corrected chi connectivity index (χ1v) is 8.92. The van der Waals surface area contributed by atoms with E-state index in [1.807, 2.05) is 55.9 Å². The SMILES string of the molecule is CCCCSCC(NCC)(C(=O)OCC)c1ccccc1. The predicted octanol–water partition coefficient (Wildman–Crippen LogP) is 3.59. The lowest BCUT2D eigenvalue weighted by molar-refractivity contribution is -0.150. The average molecular weight is 309 g/mol. The molecular weight excluding hydrogens is 282 g/mol. The van der Waals surface area contributed by atoms with E-state index in [-0.39, 0.29) is 5.97 Å². The molecule has 1 aromatic carbocycles. The molecule has 1 unspecified atom stereocenters. The molecule has 1 N–H and O–H groups in total. The van der Waals surface area contributed by atoms with Gasteiger partial charge in [0.15, 0.2) is 5.54 Å². The molecule has 0 fully saturated rings. The summed E-state index contributed by atoms with van der Waals surface area (Å²) < 4.78 is 5.36. The van der Waals surface area contributed by atoms with Crippen LogP contribution in [-0.4, -0.2) is 30.6 Å². The van der Waals surface area contributed by atoms with Crippen molar-refractivity contribution in [3.05, 3.63) is 35.9 Å². The van der Waals surface area contributed by atoms with E-state index in [2.05, 4.69) is 12.2 Å². The molecule has 0 aliphatic rings. The van der Waals surface area contributed by atoms with E-state index in [1.165, 1.54) is 12.8 Å². The van der Waals surface area contributed by atoms with Crippen LogP contribution in [-0.2, 0) is 15.1 Å². The van der Waals surface area contributed by atoms with Gasteiger partial charge in [-0.05, 0) is 31.2 Å². The second kappa shape index (κ2) is 9.85. The summed E-state index contributed by atoms with van der Waals surface area (Å²) >= 11 is 1.81. The van der Waals surface area contributed by atoms with Gasteiger partial charge in [-0.3, -0.25) is 5.32 Å². The van der Waals surface area contributed by atoms with E-state index in [1.54, 1.807) is 0 Å². The minimum Gasteiger partial charge on any atom is -0.464 e. The molecule has 1 atom stereocenters. The smallest absolute Gasteiger partial charge is 0.331 e. The van der Waals surface area contributed by atoms with Crippen LogP contribution in [0.4, 0.5) is 0 Å². The van der Waals surface area contributed by atoms with Crippen LogP contribution in [0, 0.1) is 0 Å². The quantitative estimate of drug-likeness (QED) is 0.529. The number of benzene rings is 1. The van der Waals surface area contributed by atoms with Gasteiger partial charge < -0.3 is 4.74 Å². The standard InChI is InChI=1S/C17H27NO2S/c1-4-7-13-21-14-17(18-5-2,16(19)20-6-3)15-11-9-8-10-12-15/h8-12,18H,4-7,13-14H2,1-3H3. The van der Waals surface area contributed by atoms with Gasteiger partial charge in [0.2, 0.25) is 0 Å². The third kappa shape index (κ3) is 5.04. The van der Waals surface area contributed by atoms with Crippen molar-refractivity contribution in [2.45, 2.75) is 39.2 Å². The molecule has 0 spiro atoms. The molecule has 3 nitrogen and oxygen atoms in total. The Morgan fingerprint density at radius 3 is 2.52 bits per heavy atom. The highest BCUT2D eigenvalue weighted by atomic mass is 32.2. The number of carbonyl (C=O) groups is 1. The number of hydrogen-bond acceptors (Lipinski definition) is 4. The summed E-state index contributed by atoms with van der Waals surface area (Å²) in [5.41, 5.74) is 0.235. The van der Waals surface area contributed by atoms with E-state index in [4.69, 9.17) is 4.74 Å². The molecule has 0 aliphatic heterocycles. The summed E-state index contributed by atoms with van der Waals surface area (Å²) in [5, 5.41) is 3.38. The van der Waals surface area contributed by atoms with Gasteiger partial charge in [0.05, 0.1) is 6.61 Å². The Balaban J connectivity index is 3.01. The molecule has 0 radical (unpaired) electrons. The Morgan fingerprint density at radius 2 is 1.95 bits per heavy atom. The van der Waals surface area contributed by atoms with Crippen molar-refractivity contribution < 1.29 is 9.53 Å². The second-order valence-electron chi connectivity index (χ2n) is 4.93. The fraction of sp³-hybridized carbons (Fsp3) is 0.588. The van der Waals surface area contributed by atoms with E-state index in [0.29, 0.717) is 12.4 Å². The third-order valence-electron chi connectivity index (χ3n) is 3.33. The van der Waals surface area contributed by atoms with Gasteiger partial charge in [0.1, 0.15) is 0 Å². The topological polar surface area (TPSA) is 38.3 Å². The zero-order valence-electron chi connectivity index (χ0n) is 13.4. The lowest BCUT2D eigenvalue weighted by atomic mass is 9.91. The van der Waals surface area contributed by atoms with Gasteiger partial charge in [-0.25, -0.2) is 4.79 Å². The molecule has 4 heteroatoms. The Bertz CT molecular complexity index is 411. The van der Waals surface area contributed by atoms with Crippen molar-refractivity contribution in [2.24, 2.45) is 0 Å². The summed E-state index contributed by atoms with van der Waals surface area (Å²) in [6, 6.07) is 9.91. The highest BCUT2D eigenvalue weighted by Gasteiger charge is 2.40. The van der Waals surface area contributed by atoms with Gasteiger partial charge in [-0.2, -0.15) is 11.8 Å². The van der Waals surface area contributed by atoms with E-state index in [9.17, 15) is 4.79 Å². The summed E-state index contributed by atoms with van der Waals surface area (Å²) in [4.78, 5) is 12.6. The molecule has 118 valence electrons. The van der Waals surface area contributed by atoms with Crippen LogP contribution in [0.2, 0.25) is 0 Å². The molecule has 1 aromatic rings. The van der Waals surface area contributed by atoms with Crippen molar-refractivity contribution in [1.82, 2.24) is 5.32 Å². The Labute approximate surface area is 132 Å². The van der Waals surface area contributed by atoms with Crippen LogP contribution in [0.1, 0.15) is 39.2 Å². The lowest BCUT2D eigenvalue weighted by Crippen LogP contribution is -2.52. The van der Waals surface area contributed by atoms with E-state index in [0.717, 1.165) is 17.9 Å². The number of unbranched alkanes of at least 4 members (excludes halogenated alkanes) is 1. The first-order chi connectivity index (χ1) is 10.2. The molecule has 0 amide bonds. The molecule has 0 aliphatic carbocycles. The predicted molar refractivity (Wildman–Crippen MR) is 90.7 cm³/mol. The summed E-state index contributed by atoms with van der Waals surface area (Å²) in [6.07, 6.45) is 2.34. The highest BCUT2D eigenvalue weighted by molar-refractivity contribution is 7.99. The number of carbonyl (C=O) groups excluding carboxylic acids is 1. The number of thioether (sulfide) groups is 1. The largest absolute Gasteiger partial charge is 0.464 e. The van der Waals surface area contributed by atoms with Crippen LogP contribution < -0.4 is 5.32 Å². The average Bonchev–Trinajstić information content (AvgIpc) is 2.51. The van der Waals surface area contributed by atoms with Gasteiger partial charge in [-0.1, -0.05) is 50.6 Å². The highest BCUT2D eigenvalue weighted by Crippen LogP contribution is 2.28. The summed E-state index contributed by atoms with van der Waals surface area (Å²) in [6.45, 7) is 7.18. The van der Waals surface area contributed by atoms with Crippen molar-refractivity contribution in [2.75, 3.05) is 24.7 Å². The fourth-order valence-electron chi connectivity index (χ4n) is 2.24. The summed E-state index contributed by atoms with van der Waals surface area (Å²) in [7, 11) is 0. The third-order valence-corrected chi connectivity index (χ3v) is 4.54. The van der Waals surface area contributed by atoms with Crippen molar-refractivity contribution in [3.63, 3.8) is 0 Å². The summed E-state index contributed by atoms with van der Waals surface area (Å²) in [5.74, 6) is 1.58. The number of hydrogen-bond donors (Lipinski definition) is 1. The van der Waals surface area contributed by atoms with Crippen LogP contribution >= 0.6 is 11.8 Å². The number of nitrogens with one attached hydrogen (secondary N) is 1. The maximum absolute atomic E-state index is 12.6. The Kier molecular flexibility index (Phi) is 8.47. The molecule has 0 saturated heterocycles. The molecule has 0 aromatic heterocycles. The van der Waals surface area contributed by atoms with Gasteiger partial charge in [0.25, 0.3) is 0 Å². The number of ether oxygens (including phenoxy) is 1. The number of likely N-dealkylation sites (N-methyl/N-ethyl adjacent to an activating group) is 1. The molecule has 0 heterocycles. The van der Waals surface area contributed by atoms with Crippen molar-refractivity contribution in [3.8, 4) is 0 Å². The normalized spacial score (nSPS) is 13.7. The van der Waals surface area contributed by atoms with Gasteiger partial charge in [0, 0.05) is 5.75 Å². The monoisotopic (exact) mass is 309 g/mol. The molecule has 21 heavy (non-hydrogen) atoms. The first kappa shape index (κ1) is 18.1. The zero-order chi connectivity index (χ0) is 15.6. The van der Waals surface area contributed by atoms with Crippen molar-refractivity contribution in [1.29, 1.82) is 0 Å². The van der Waals surface area contributed by atoms with Crippen LogP contribution in [0.3, 0.4) is 0 Å². The van der Waals surface area contributed by atoms with Crippen LogP contribution in [0.5, 0.6) is 0 Å².